The SMILES string of the molecule is CC(C)(C)OC(=O)NCC#Cc1c(CNC(=O)OC(C)(C)C)cc(CCO)cc1CNC(=O)OC(C)(C)C. The predicted molar refractivity (Wildman–Crippen MR) is 144 cm³/mol. The predicted octanol–water partition coefficient (Wildman–Crippen LogP) is 4.15. The Kier molecular flexibility index (Phi) is 11.9. The Hall–Kier alpha value is -3.45. The normalized spacial score (nSPS) is 11.5. The minimum absolute atomic E-state index is 0.0190. The molecule has 0 aliphatic rings. The number of rotatable bonds is 7. The molecule has 0 saturated heterocycles. The quantitative estimate of drug-likeness (QED) is 0.305. The van der Waals surface area contributed by atoms with Gasteiger partial charge in [0.2, 0.25) is 0 Å². The van der Waals surface area contributed by atoms with Gasteiger partial charge < -0.3 is 35.3 Å². The Balaban J connectivity index is 3.28. The summed E-state index contributed by atoms with van der Waals surface area (Å²) in [6.07, 6.45) is -1.41. The highest BCUT2D eigenvalue weighted by molar-refractivity contribution is 5.69. The maximum absolute atomic E-state index is 12.3. The molecular weight excluding hydrogens is 490 g/mol. The fourth-order valence-electron chi connectivity index (χ4n) is 3.08. The van der Waals surface area contributed by atoms with Crippen LogP contribution in [0.25, 0.3) is 0 Å². The first-order valence-electron chi connectivity index (χ1n) is 12.5. The number of aliphatic hydroxyl groups is 1. The Labute approximate surface area is 226 Å². The van der Waals surface area contributed by atoms with E-state index in [9.17, 15) is 19.5 Å². The second-order valence-corrected chi connectivity index (χ2v) is 11.6. The van der Waals surface area contributed by atoms with Crippen molar-refractivity contribution in [2.45, 2.75) is 98.6 Å². The van der Waals surface area contributed by atoms with Gasteiger partial charge in [-0.15, -0.1) is 0 Å². The average Bonchev–Trinajstić information content (AvgIpc) is 2.71. The monoisotopic (exact) mass is 533 g/mol. The first kappa shape index (κ1) is 32.6. The molecule has 0 aromatic heterocycles. The molecule has 10 nitrogen and oxygen atoms in total. The second kappa shape index (κ2) is 13.9. The number of carbonyl (C=O) groups excluding carboxylic acids is 3. The van der Waals surface area contributed by atoms with Gasteiger partial charge in [0.25, 0.3) is 0 Å². The molecule has 0 atom stereocenters. The van der Waals surface area contributed by atoms with Crippen LogP contribution in [0.2, 0.25) is 0 Å². The van der Waals surface area contributed by atoms with Gasteiger partial charge in [0, 0.05) is 25.3 Å². The molecule has 1 rings (SSSR count). The van der Waals surface area contributed by atoms with Gasteiger partial charge in [0.05, 0.1) is 6.54 Å². The first-order valence-corrected chi connectivity index (χ1v) is 12.5. The first-order chi connectivity index (χ1) is 17.4. The third kappa shape index (κ3) is 14.3. The molecule has 1 aromatic rings. The van der Waals surface area contributed by atoms with Crippen LogP contribution in [0.5, 0.6) is 0 Å². The third-order valence-corrected chi connectivity index (χ3v) is 4.34. The Morgan fingerprint density at radius 3 is 1.50 bits per heavy atom. The van der Waals surface area contributed by atoms with Gasteiger partial charge in [-0.25, -0.2) is 14.4 Å². The minimum atomic E-state index is -0.665. The zero-order chi connectivity index (χ0) is 29.1. The van der Waals surface area contributed by atoms with Gasteiger partial charge in [-0.05, 0) is 85.4 Å². The van der Waals surface area contributed by atoms with Gasteiger partial charge in [-0.3, -0.25) is 0 Å². The second-order valence-electron chi connectivity index (χ2n) is 11.6. The molecule has 0 saturated carbocycles. The van der Waals surface area contributed by atoms with Crippen LogP contribution in [0.3, 0.4) is 0 Å². The van der Waals surface area contributed by atoms with Crippen LogP contribution >= 0.6 is 0 Å². The molecule has 3 amide bonds. The highest BCUT2D eigenvalue weighted by Crippen LogP contribution is 2.19. The largest absolute Gasteiger partial charge is 0.444 e. The average molecular weight is 534 g/mol. The molecule has 0 aliphatic heterocycles. The number of nitrogens with one attached hydrogen (secondary N) is 3. The summed E-state index contributed by atoms with van der Waals surface area (Å²) in [6, 6.07) is 3.66. The highest BCUT2D eigenvalue weighted by Gasteiger charge is 2.19. The maximum atomic E-state index is 12.3. The van der Waals surface area contributed by atoms with Crippen LogP contribution < -0.4 is 16.0 Å². The summed E-state index contributed by atoms with van der Waals surface area (Å²) in [5.41, 5.74) is 0.709. The van der Waals surface area contributed by atoms with Crippen LogP contribution in [0, 0.1) is 11.8 Å². The standard InChI is InChI=1S/C28H43N3O7/c1-26(2,3)36-23(33)29-13-10-11-22-20(17-30-24(34)37-27(4,5)6)15-19(12-14-32)16-21(22)18-31-25(35)38-28(7,8)9/h15-16,32H,12-14,17-18H2,1-9H3,(H,29,33)(H,30,34)(H,31,35). The summed E-state index contributed by atoms with van der Waals surface area (Å²) in [4.78, 5) is 36.5. The smallest absolute Gasteiger partial charge is 0.408 e. The summed E-state index contributed by atoms with van der Waals surface area (Å²) in [5, 5.41) is 17.6. The lowest BCUT2D eigenvalue weighted by molar-refractivity contribution is 0.0513. The molecular formula is C28H43N3O7. The molecule has 0 radical (unpaired) electrons. The zero-order valence-electron chi connectivity index (χ0n) is 24.1. The molecule has 10 heteroatoms. The molecule has 0 spiro atoms. The van der Waals surface area contributed by atoms with Crippen molar-refractivity contribution in [2.24, 2.45) is 0 Å². The van der Waals surface area contributed by atoms with E-state index in [2.05, 4.69) is 27.8 Å². The molecule has 0 bridgehead atoms. The summed E-state index contributed by atoms with van der Waals surface area (Å²) < 4.78 is 15.9. The van der Waals surface area contributed by atoms with Gasteiger partial charge >= 0.3 is 18.3 Å². The van der Waals surface area contributed by atoms with E-state index in [1.165, 1.54) is 0 Å². The van der Waals surface area contributed by atoms with E-state index in [0.29, 0.717) is 23.1 Å². The number of carbonyl (C=O) groups is 3. The number of alkyl carbamates (subject to hydrolysis) is 3. The van der Waals surface area contributed by atoms with E-state index in [4.69, 9.17) is 14.2 Å². The van der Waals surface area contributed by atoms with Crippen molar-refractivity contribution in [1.29, 1.82) is 0 Å². The molecule has 0 heterocycles. The number of hydrogen-bond donors (Lipinski definition) is 4. The van der Waals surface area contributed by atoms with E-state index in [1.54, 1.807) is 62.3 Å². The summed E-state index contributed by atoms with van der Waals surface area (Å²) >= 11 is 0. The number of benzene rings is 1. The molecule has 0 aliphatic carbocycles. The minimum Gasteiger partial charge on any atom is -0.444 e. The van der Waals surface area contributed by atoms with Crippen molar-refractivity contribution in [1.82, 2.24) is 16.0 Å². The molecule has 212 valence electrons. The van der Waals surface area contributed by atoms with Crippen molar-refractivity contribution in [3.8, 4) is 11.8 Å². The Bertz CT molecular complexity index is 983. The van der Waals surface area contributed by atoms with Crippen LogP contribution in [0.4, 0.5) is 14.4 Å². The molecule has 1 aromatic carbocycles. The summed E-state index contributed by atoms with van der Waals surface area (Å²) in [6.45, 7) is 16.0. The molecule has 0 fully saturated rings. The van der Waals surface area contributed by atoms with Crippen LogP contribution in [0.15, 0.2) is 12.1 Å². The van der Waals surface area contributed by atoms with E-state index in [-0.39, 0.29) is 26.2 Å². The highest BCUT2D eigenvalue weighted by atomic mass is 16.6. The van der Waals surface area contributed by atoms with Crippen molar-refractivity contribution in [3.63, 3.8) is 0 Å². The van der Waals surface area contributed by atoms with Crippen LogP contribution in [0.1, 0.15) is 84.6 Å². The van der Waals surface area contributed by atoms with Crippen LogP contribution in [-0.2, 0) is 33.7 Å². The van der Waals surface area contributed by atoms with E-state index in [0.717, 1.165) is 5.56 Å². The Morgan fingerprint density at radius 2 is 1.13 bits per heavy atom. The maximum Gasteiger partial charge on any atom is 0.408 e. The van der Waals surface area contributed by atoms with Crippen molar-refractivity contribution >= 4 is 18.3 Å². The number of amides is 3. The van der Waals surface area contributed by atoms with Gasteiger partial charge in [0.1, 0.15) is 16.8 Å². The van der Waals surface area contributed by atoms with E-state index >= 15 is 0 Å². The molecule has 0 unspecified atom stereocenters. The lowest BCUT2D eigenvalue weighted by Crippen LogP contribution is -2.33. The number of hydrogen-bond acceptors (Lipinski definition) is 7. The number of aliphatic hydroxyl groups excluding tert-OH is 1. The van der Waals surface area contributed by atoms with Crippen LogP contribution in [-0.4, -0.2) is 53.3 Å². The van der Waals surface area contributed by atoms with Crippen molar-refractivity contribution in [3.05, 3.63) is 34.4 Å². The fraction of sp³-hybridized carbons (Fsp3) is 0.607. The Morgan fingerprint density at radius 1 is 0.737 bits per heavy atom. The van der Waals surface area contributed by atoms with Gasteiger partial charge in [0.15, 0.2) is 0 Å². The van der Waals surface area contributed by atoms with Gasteiger partial charge in [-0.1, -0.05) is 24.0 Å². The van der Waals surface area contributed by atoms with Gasteiger partial charge in [-0.2, -0.15) is 0 Å². The van der Waals surface area contributed by atoms with Crippen molar-refractivity contribution < 1.29 is 33.7 Å². The summed E-state index contributed by atoms with van der Waals surface area (Å²) in [5.74, 6) is 5.95. The van der Waals surface area contributed by atoms with E-state index in [1.807, 2.05) is 12.1 Å². The molecule has 4 N–H and O–H groups in total. The zero-order valence-corrected chi connectivity index (χ0v) is 24.1. The lowest BCUT2D eigenvalue weighted by atomic mass is 9.96. The fourth-order valence-corrected chi connectivity index (χ4v) is 3.08. The molecule has 38 heavy (non-hydrogen) atoms. The summed E-state index contributed by atoms with van der Waals surface area (Å²) in [7, 11) is 0. The van der Waals surface area contributed by atoms with Crippen molar-refractivity contribution in [2.75, 3.05) is 13.2 Å². The topological polar surface area (TPSA) is 135 Å². The third-order valence-electron chi connectivity index (χ3n) is 4.34. The van der Waals surface area contributed by atoms with E-state index < -0.39 is 35.1 Å². The lowest BCUT2D eigenvalue weighted by Gasteiger charge is -2.21. The number of ether oxygens (including phenoxy) is 3.